The first-order chi connectivity index (χ1) is 13.7. The lowest BCUT2D eigenvalue weighted by molar-refractivity contribution is 0.401. The molecule has 0 amide bonds. The van der Waals surface area contributed by atoms with Crippen molar-refractivity contribution in [3.63, 3.8) is 0 Å². The lowest BCUT2D eigenvalue weighted by Gasteiger charge is -2.14. The number of hydrogen-bond donors (Lipinski definition) is 0. The molecular formula is C26H24O2. The van der Waals surface area contributed by atoms with Gasteiger partial charge in [-0.1, -0.05) is 53.6 Å². The van der Waals surface area contributed by atoms with Crippen LogP contribution < -0.4 is 9.47 Å². The minimum atomic E-state index is 0.833. The minimum absolute atomic E-state index is 0.833. The van der Waals surface area contributed by atoms with E-state index in [0.717, 1.165) is 47.0 Å². The zero-order chi connectivity index (χ0) is 19.3. The number of benzene rings is 3. The van der Waals surface area contributed by atoms with Crippen LogP contribution in [0.4, 0.5) is 0 Å². The number of hydrogen-bond acceptors (Lipinski definition) is 2. The van der Waals surface area contributed by atoms with E-state index in [9.17, 15) is 0 Å². The van der Waals surface area contributed by atoms with Crippen molar-refractivity contribution in [2.24, 2.45) is 0 Å². The molecule has 0 aromatic heterocycles. The van der Waals surface area contributed by atoms with E-state index >= 15 is 0 Å². The highest BCUT2D eigenvalue weighted by atomic mass is 16.5. The van der Waals surface area contributed by atoms with Gasteiger partial charge in [-0.15, -0.1) is 0 Å². The molecule has 0 bridgehead atoms. The van der Waals surface area contributed by atoms with Crippen molar-refractivity contribution in [2.75, 3.05) is 0 Å². The standard InChI is InChI=1S/C26H24O2/c1-19-3-11-23(12-4-19)27-25-15-7-21(8-16-25)22-9-17-26(18-10-22)28-24-13-5-20(2)6-14-24/h3-5,7-13,15-18H,6,14H2,1-2H3. The molecule has 0 atom stereocenters. The average Bonchev–Trinajstić information content (AvgIpc) is 2.73. The molecule has 4 rings (SSSR count). The molecule has 28 heavy (non-hydrogen) atoms. The lowest BCUT2D eigenvalue weighted by atomic mass is 10.0. The summed E-state index contributed by atoms with van der Waals surface area (Å²) in [5, 5.41) is 0. The Hall–Kier alpha value is -3.26. The average molecular weight is 368 g/mol. The smallest absolute Gasteiger partial charge is 0.127 e. The van der Waals surface area contributed by atoms with Crippen LogP contribution in [0.3, 0.4) is 0 Å². The summed E-state index contributed by atoms with van der Waals surface area (Å²) in [5.41, 5.74) is 4.93. The molecule has 0 N–H and O–H groups in total. The van der Waals surface area contributed by atoms with E-state index in [4.69, 9.17) is 9.47 Å². The van der Waals surface area contributed by atoms with Gasteiger partial charge in [-0.2, -0.15) is 0 Å². The van der Waals surface area contributed by atoms with Gasteiger partial charge in [0.1, 0.15) is 23.0 Å². The predicted octanol–water partition coefficient (Wildman–Crippen LogP) is 7.46. The lowest BCUT2D eigenvalue weighted by Crippen LogP contribution is -1.99. The Morgan fingerprint density at radius 1 is 0.536 bits per heavy atom. The zero-order valence-corrected chi connectivity index (χ0v) is 16.3. The Morgan fingerprint density at radius 3 is 1.54 bits per heavy atom. The van der Waals surface area contributed by atoms with Crippen LogP contribution in [-0.4, -0.2) is 0 Å². The van der Waals surface area contributed by atoms with Crippen molar-refractivity contribution in [3.8, 4) is 28.4 Å². The highest BCUT2D eigenvalue weighted by molar-refractivity contribution is 5.65. The molecule has 0 radical (unpaired) electrons. The predicted molar refractivity (Wildman–Crippen MR) is 115 cm³/mol. The molecular weight excluding hydrogens is 344 g/mol. The van der Waals surface area contributed by atoms with Crippen LogP contribution in [0.2, 0.25) is 0 Å². The first-order valence-corrected chi connectivity index (χ1v) is 9.65. The maximum absolute atomic E-state index is 5.98. The molecule has 140 valence electrons. The van der Waals surface area contributed by atoms with Gasteiger partial charge in [-0.3, -0.25) is 0 Å². The summed E-state index contributed by atoms with van der Waals surface area (Å²) in [4.78, 5) is 0. The van der Waals surface area contributed by atoms with E-state index < -0.39 is 0 Å². The Labute approximate surface area is 166 Å². The molecule has 0 spiro atoms. The maximum Gasteiger partial charge on any atom is 0.127 e. The van der Waals surface area contributed by atoms with Crippen LogP contribution in [0.25, 0.3) is 11.1 Å². The van der Waals surface area contributed by atoms with Gasteiger partial charge in [0, 0.05) is 6.42 Å². The van der Waals surface area contributed by atoms with Gasteiger partial charge in [0.15, 0.2) is 0 Å². The van der Waals surface area contributed by atoms with Gasteiger partial charge >= 0.3 is 0 Å². The zero-order valence-electron chi connectivity index (χ0n) is 16.3. The fourth-order valence-electron chi connectivity index (χ4n) is 3.13. The summed E-state index contributed by atoms with van der Waals surface area (Å²) in [5.74, 6) is 3.58. The van der Waals surface area contributed by atoms with Crippen molar-refractivity contribution >= 4 is 0 Å². The van der Waals surface area contributed by atoms with Crippen molar-refractivity contribution < 1.29 is 9.47 Å². The van der Waals surface area contributed by atoms with Crippen molar-refractivity contribution in [1.82, 2.24) is 0 Å². The largest absolute Gasteiger partial charge is 0.462 e. The van der Waals surface area contributed by atoms with E-state index in [1.165, 1.54) is 11.1 Å². The van der Waals surface area contributed by atoms with Gasteiger partial charge in [0.2, 0.25) is 0 Å². The van der Waals surface area contributed by atoms with Crippen LogP contribution in [0.5, 0.6) is 17.2 Å². The summed E-state index contributed by atoms with van der Waals surface area (Å²) in [7, 11) is 0. The van der Waals surface area contributed by atoms with Crippen molar-refractivity contribution in [1.29, 1.82) is 0 Å². The number of ether oxygens (including phenoxy) is 2. The molecule has 0 unspecified atom stereocenters. The Bertz CT molecular complexity index is 992. The highest BCUT2D eigenvalue weighted by Gasteiger charge is 2.06. The third-order valence-corrected chi connectivity index (χ3v) is 4.87. The van der Waals surface area contributed by atoms with Gasteiger partial charge in [0.25, 0.3) is 0 Å². The van der Waals surface area contributed by atoms with Crippen LogP contribution in [0, 0.1) is 6.92 Å². The first kappa shape index (κ1) is 18.1. The van der Waals surface area contributed by atoms with Crippen molar-refractivity contribution in [3.05, 3.63) is 102 Å². The summed E-state index contributed by atoms with van der Waals surface area (Å²) in [6.07, 6.45) is 6.24. The molecule has 2 nitrogen and oxygen atoms in total. The molecule has 0 saturated heterocycles. The summed E-state index contributed by atoms with van der Waals surface area (Å²) in [6.45, 7) is 4.22. The second kappa shape index (κ2) is 8.18. The third-order valence-electron chi connectivity index (χ3n) is 4.87. The topological polar surface area (TPSA) is 18.5 Å². The quantitative estimate of drug-likeness (QED) is 0.465. The number of allylic oxidation sites excluding steroid dienone is 4. The fourth-order valence-corrected chi connectivity index (χ4v) is 3.13. The molecule has 2 heteroatoms. The molecule has 3 aromatic carbocycles. The third kappa shape index (κ3) is 4.52. The van der Waals surface area contributed by atoms with Crippen LogP contribution in [0.15, 0.2) is 96.3 Å². The van der Waals surface area contributed by atoms with E-state index in [2.05, 4.69) is 50.3 Å². The monoisotopic (exact) mass is 368 g/mol. The second-order valence-corrected chi connectivity index (χ2v) is 7.21. The fraction of sp³-hybridized carbons (Fsp3) is 0.154. The van der Waals surface area contributed by atoms with E-state index in [-0.39, 0.29) is 0 Å². The molecule has 0 aliphatic heterocycles. The molecule has 1 aliphatic rings. The maximum atomic E-state index is 5.98. The van der Waals surface area contributed by atoms with E-state index in [0.29, 0.717) is 0 Å². The highest BCUT2D eigenvalue weighted by Crippen LogP contribution is 2.28. The van der Waals surface area contributed by atoms with Gasteiger partial charge in [-0.05, 0) is 73.9 Å². The minimum Gasteiger partial charge on any atom is -0.462 e. The molecule has 0 heterocycles. The van der Waals surface area contributed by atoms with Crippen molar-refractivity contribution in [2.45, 2.75) is 26.7 Å². The summed E-state index contributed by atoms with van der Waals surface area (Å²) in [6, 6.07) is 24.5. The normalized spacial score (nSPS) is 13.5. The number of aryl methyl sites for hydroxylation is 1. The molecule has 0 fully saturated rings. The van der Waals surface area contributed by atoms with Crippen LogP contribution in [0.1, 0.15) is 25.3 Å². The SMILES string of the molecule is CC1=CC=C(Oc2ccc(-c3ccc(Oc4ccc(C)cc4)cc3)cc2)CC1. The van der Waals surface area contributed by atoms with Gasteiger partial charge in [-0.25, -0.2) is 0 Å². The van der Waals surface area contributed by atoms with E-state index in [1.54, 1.807) is 0 Å². The summed E-state index contributed by atoms with van der Waals surface area (Å²) < 4.78 is 11.9. The Morgan fingerprint density at radius 2 is 1.04 bits per heavy atom. The Balaban J connectivity index is 1.42. The molecule has 3 aromatic rings. The Kier molecular flexibility index (Phi) is 5.29. The van der Waals surface area contributed by atoms with E-state index in [1.807, 2.05) is 48.5 Å². The second-order valence-electron chi connectivity index (χ2n) is 7.21. The van der Waals surface area contributed by atoms with Crippen LogP contribution >= 0.6 is 0 Å². The van der Waals surface area contributed by atoms with Gasteiger partial charge < -0.3 is 9.47 Å². The van der Waals surface area contributed by atoms with Gasteiger partial charge in [0.05, 0.1) is 0 Å². The summed E-state index contributed by atoms with van der Waals surface area (Å²) >= 11 is 0. The number of rotatable bonds is 5. The molecule has 1 aliphatic carbocycles. The molecule has 0 saturated carbocycles. The van der Waals surface area contributed by atoms with Crippen LogP contribution in [-0.2, 0) is 0 Å². The first-order valence-electron chi connectivity index (χ1n) is 9.65.